The lowest BCUT2D eigenvalue weighted by Gasteiger charge is -2.22. The van der Waals surface area contributed by atoms with Gasteiger partial charge in [0.2, 0.25) is 5.91 Å². The Morgan fingerprint density at radius 3 is 1.05 bits per heavy atom. The summed E-state index contributed by atoms with van der Waals surface area (Å²) in [4.78, 5) is 12.5. The fraction of sp³-hybridized carbons (Fsp3) is 0.814. The van der Waals surface area contributed by atoms with Crippen LogP contribution in [0.15, 0.2) is 60.8 Å². The van der Waals surface area contributed by atoms with Gasteiger partial charge in [-0.25, -0.2) is 0 Å². The van der Waals surface area contributed by atoms with E-state index in [1.165, 1.54) is 205 Å². The Morgan fingerprint density at radius 1 is 0.397 bits per heavy atom. The fourth-order valence-electron chi connectivity index (χ4n) is 8.57. The van der Waals surface area contributed by atoms with Crippen LogP contribution in [0, 0.1) is 0 Å². The van der Waals surface area contributed by atoms with Crippen LogP contribution in [0.1, 0.15) is 290 Å². The minimum absolute atomic E-state index is 0.0282. The molecule has 0 heterocycles. The van der Waals surface area contributed by atoms with Crippen LogP contribution >= 0.6 is 0 Å². The van der Waals surface area contributed by atoms with Gasteiger partial charge in [-0.15, -0.1) is 0 Å². The van der Waals surface area contributed by atoms with Crippen molar-refractivity contribution < 1.29 is 15.0 Å². The van der Waals surface area contributed by atoms with Crippen molar-refractivity contribution in [1.82, 2.24) is 5.32 Å². The third-order valence-electron chi connectivity index (χ3n) is 12.8. The molecule has 0 aliphatic rings. The molecular weight excluding hydrogens is 771 g/mol. The van der Waals surface area contributed by atoms with E-state index in [2.05, 4.69) is 79.9 Å². The summed E-state index contributed by atoms with van der Waals surface area (Å²) in [5.74, 6) is -0.0282. The Labute approximate surface area is 394 Å². The molecule has 0 saturated carbocycles. The molecule has 0 radical (unpaired) electrons. The van der Waals surface area contributed by atoms with Crippen LogP contribution < -0.4 is 5.32 Å². The molecule has 0 aliphatic carbocycles. The van der Waals surface area contributed by atoms with Crippen molar-refractivity contribution in [3.8, 4) is 0 Å². The molecule has 2 atom stereocenters. The van der Waals surface area contributed by atoms with Crippen LogP contribution in [-0.2, 0) is 4.79 Å². The van der Waals surface area contributed by atoms with Gasteiger partial charge in [-0.2, -0.15) is 0 Å². The normalized spacial score (nSPS) is 13.3. The molecule has 63 heavy (non-hydrogen) atoms. The van der Waals surface area contributed by atoms with E-state index in [9.17, 15) is 15.0 Å². The second-order valence-electron chi connectivity index (χ2n) is 19.0. The van der Waals surface area contributed by atoms with E-state index in [0.717, 1.165) is 57.8 Å². The maximum Gasteiger partial charge on any atom is 0.220 e. The van der Waals surface area contributed by atoms with Gasteiger partial charge in [-0.1, -0.05) is 286 Å². The van der Waals surface area contributed by atoms with E-state index >= 15 is 0 Å². The summed E-state index contributed by atoms with van der Waals surface area (Å²) in [6.07, 6.45) is 76.4. The molecule has 0 saturated heterocycles. The van der Waals surface area contributed by atoms with Gasteiger partial charge >= 0.3 is 0 Å². The lowest BCUT2D eigenvalue weighted by atomic mass is 10.0. The smallest absolute Gasteiger partial charge is 0.220 e. The Morgan fingerprint density at radius 2 is 0.698 bits per heavy atom. The Bertz CT molecular complexity index is 1040. The number of hydrogen-bond donors (Lipinski definition) is 3. The molecule has 2 unspecified atom stereocenters. The van der Waals surface area contributed by atoms with Gasteiger partial charge in [0.1, 0.15) is 0 Å². The molecule has 4 nitrogen and oxygen atoms in total. The molecule has 4 heteroatoms. The standard InChI is InChI=1S/C59H109NO3/c1-3-5-7-9-11-13-15-17-19-21-22-23-24-25-26-27-28-29-30-31-32-33-34-35-36-37-38-39-41-43-45-47-49-51-53-55-59(63)60-57(56-61)58(62)54-52-50-48-46-44-42-40-20-18-16-14-12-10-8-6-4-2/h5,7,11,13,17,19,22-23,25-26,57-58,61-62H,3-4,6,8-10,12,14-16,18,20-21,24,27-56H2,1-2H3,(H,60,63)/b7-5-,13-11-,19-17-,23-22-,26-25-. The van der Waals surface area contributed by atoms with Crippen molar-refractivity contribution in [1.29, 1.82) is 0 Å². The number of allylic oxidation sites excluding steroid dienone is 10. The average Bonchev–Trinajstić information content (AvgIpc) is 3.29. The van der Waals surface area contributed by atoms with Crippen molar-refractivity contribution in [2.75, 3.05) is 6.61 Å². The third-order valence-corrected chi connectivity index (χ3v) is 12.8. The summed E-state index contributed by atoms with van der Waals surface area (Å²) >= 11 is 0. The monoisotopic (exact) mass is 880 g/mol. The van der Waals surface area contributed by atoms with E-state index in [4.69, 9.17) is 0 Å². The number of hydrogen-bond acceptors (Lipinski definition) is 3. The van der Waals surface area contributed by atoms with Crippen molar-refractivity contribution in [3.05, 3.63) is 60.8 Å². The molecule has 0 aromatic carbocycles. The predicted molar refractivity (Wildman–Crippen MR) is 281 cm³/mol. The van der Waals surface area contributed by atoms with Crippen LogP contribution in [0.5, 0.6) is 0 Å². The third kappa shape index (κ3) is 50.9. The molecular formula is C59H109NO3. The zero-order chi connectivity index (χ0) is 45.6. The van der Waals surface area contributed by atoms with Crippen LogP contribution in [0.3, 0.4) is 0 Å². The fourth-order valence-corrected chi connectivity index (χ4v) is 8.57. The zero-order valence-electron chi connectivity index (χ0n) is 42.3. The number of aliphatic hydroxyl groups excluding tert-OH is 2. The Kier molecular flexibility index (Phi) is 52.8. The van der Waals surface area contributed by atoms with Gasteiger partial charge in [0.05, 0.1) is 18.8 Å². The highest BCUT2D eigenvalue weighted by atomic mass is 16.3. The number of amides is 1. The summed E-state index contributed by atoms with van der Waals surface area (Å²) in [7, 11) is 0. The maximum atomic E-state index is 12.5. The van der Waals surface area contributed by atoms with Gasteiger partial charge < -0.3 is 15.5 Å². The van der Waals surface area contributed by atoms with Crippen LogP contribution in [0.4, 0.5) is 0 Å². The summed E-state index contributed by atoms with van der Waals surface area (Å²) in [5, 5.41) is 23.3. The first-order valence-corrected chi connectivity index (χ1v) is 28.0. The number of carbonyl (C=O) groups excluding carboxylic acids is 1. The van der Waals surface area contributed by atoms with Crippen LogP contribution in [-0.4, -0.2) is 34.9 Å². The highest BCUT2D eigenvalue weighted by molar-refractivity contribution is 5.76. The number of unbranched alkanes of at least 4 members (excludes halogenated alkanes) is 34. The highest BCUT2D eigenvalue weighted by Gasteiger charge is 2.20. The first-order valence-electron chi connectivity index (χ1n) is 28.0. The first-order chi connectivity index (χ1) is 31.2. The van der Waals surface area contributed by atoms with Crippen molar-refractivity contribution >= 4 is 5.91 Å². The quantitative estimate of drug-likeness (QED) is 0.0421. The average molecular weight is 881 g/mol. The van der Waals surface area contributed by atoms with Crippen LogP contribution in [0.25, 0.3) is 0 Å². The number of carbonyl (C=O) groups is 1. The molecule has 0 bridgehead atoms. The second-order valence-corrected chi connectivity index (χ2v) is 19.0. The first kappa shape index (κ1) is 61.1. The Hall–Kier alpha value is -1.91. The summed E-state index contributed by atoms with van der Waals surface area (Å²) in [5.41, 5.74) is 0. The summed E-state index contributed by atoms with van der Waals surface area (Å²) in [6, 6.07) is -0.536. The zero-order valence-corrected chi connectivity index (χ0v) is 42.3. The predicted octanol–water partition coefficient (Wildman–Crippen LogP) is 18.4. The minimum atomic E-state index is -0.659. The van der Waals surface area contributed by atoms with E-state index in [0.29, 0.717) is 12.8 Å². The van der Waals surface area contributed by atoms with Gasteiger partial charge in [0.15, 0.2) is 0 Å². The lowest BCUT2D eigenvalue weighted by Crippen LogP contribution is -2.45. The molecule has 0 aliphatic heterocycles. The van der Waals surface area contributed by atoms with E-state index in [-0.39, 0.29) is 12.5 Å². The molecule has 0 aromatic heterocycles. The number of aliphatic hydroxyl groups is 2. The van der Waals surface area contributed by atoms with Crippen molar-refractivity contribution in [3.63, 3.8) is 0 Å². The van der Waals surface area contributed by atoms with Gasteiger partial charge in [0.25, 0.3) is 0 Å². The van der Waals surface area contributed by atoms with E-state index in [1.807, 2.05) is 0 Å². The van der Waals surface area contributed by atoms with Gasteiger partial charge in [0, 0.05) is 6.42 Å². The van der Waals surface area contributed by atoms with Crippen molar-refractivity contribution in [2.45, 2.75) is 302 Å². The maximum absolute atomic E-state index is 12.5. The largest absolute Gasteiger partial charge is 0.394 e. The molecule has 1 amide bonds. The summed E-state index contributed by atoms with van der Waals surface area (Å²) < 4.78 is 0. The lowest BCUT2D eigenvalue weighted by molar-refractivity contribution is -0.123. The van der Waals surface area contributed by atoms with Gasteiger partial charge in [-0.3, -0.25) is 4.79 Å². The van der Waals surface area contributed by atoms with Crippen LogP contribution in [0.2, 0.25) is 0 Å². The summed E-state index contributed by atoms with van der Waals surface area (Å²) in [6.45, 7) is 4.26. The van der Waals surface area contributed by atoms with E-state index < -0.39 is 12.1 Å². The Balaban J connectivity index is 3.43. The molecule has 0 fully saturated rings. The molecule has 368 valence electrons. The van der Waals surface area contributed by atoms with Gasteiger partial charge in [-0.05, 0) is 57.8 Å². The SMILES string of the molecule is CC/C=C\C/C=C\C/C=C\C/C=C\C/C=C\CCCCCCCCCCCCCCCCCCCCCC(=O)NC(CO)C(O)CCCCCCCCCCCCCCCCCC. The van der Waals surface area contributed by atoms with Crippen molar-refractivity contribution in [2.24, 2.45) is 0 Å². The minimum Gasteiger partial charge on any atom is -0.394 e. The highest BCUT2D eigenvalue weighted by Crippen LogP contribution is 2.17. The molecule has 0 spiro atoms. The second kappa shape index (κ2) is 54.4. The molecule has 0 rings (SSSR count). The molecule has 0 aromatic rings. The number of nitrogens with one attached hydrogen (secondary N) is 1. The molecule has 3 N–H and O–H groups in total. The number of rotatable bonds is 51. The topological polar surface area (TPSA) is 69.6 Å². The van der Waals surface area contributed by atoms with E-state index in [1.54, 1.807) is 0 Å².